The number of carboxylic acid groups (broad SMARTS) is 1. The number of carbonyl (C=O) groups excluding carboxylic acids is 1. The first-order valence-electron chi connectivity index (χ1n) is 6.82. The van der Waals surface area contributed by atoms with Crippen molar-refractivity contribution in [2.45, 2.75) is 12.8 Å². The van der Waals surface area contributed by atoms with Gasteiger partial charge in [0.2, 0.25) is 0 Å². The van der Waals surface area contributed by atoms with Gasteiger partial charge in [-0.1, -0.05) is 48.5 Å². The first kappa shape index (κ1) is 13.3. The lowest BCUT2D eigenvalue weighted by Gasteiger charge is -2.06. The topological polar surface area (TPSA) is 54.4 Å². The Labute approximate surface area is 121 Å². The predicted octanol–water partition coefficient (Wildman–Crippen LogP) is 4.04. The first-order valence-corrected chi connectivity index (χ1v) is 6.82. The van der Waals surface area contributed by atoms with Crippen LogP contribution in [0.2, 0.25) is 0 Å². The molecule has 0 atom stereocenters. The van der Waals surface area contributed by atoms with E-state index < -0.39 is 5.97 Å². The van der Waals surface area contributed by atoms with Crippen LogP contribution in [-0.4, -0.2) is 16.9 Å². The van der Waals surface area contributed by atoms with Crippen LogP contribution in [0, 0.1) is 0 Å². The third-order valence-corrected chi connectivity index (χ3v) is 3.63. The number of hydrogen-bond donors (Lipinski definition) is 1. The van der Waals surface area contributed by atoms with Crippen LogP contribution in [0.25, 0.3) is 21.5 Å². The van der Waals surface area contributed by atoms with Crippen LogP contribution in [0.5, 0.6) is 0 Å². The molecule has 3 nitrogen and oxygen atoms in total. The number of benzene rings is 3. The number of ketones is 1. The number of hydrogen-bond acceptors (Lipinski definition) is 2. The quantitative estimate of drug-likeness (QED) is 0.579. The molecule has 0 aliphatic carbocycles. The normalized spacial score (nSPS) is 10.9. The van der Waals surface area contributed by atoms with Crippen LogP contribution in [0.3, 0.4) is 0 Å². The molecule has 0 bridgehead atoms. The van der Waals surface area contributed by atoms with Crippen LogP contribution < -0.4 is 0 Å². The molecular weight excluding hydrogens is 264 g/mol. The Bertz CT molecular complexity index is 849. The molecule has 0 radical (unpaired) electrons. The van der Waals surface area contributed by atoms with Crippen molar-refractivity contribution >= 4 is 33.3 Å². The molecule has 0 heterocycles. The minimum atomic E-state index is -0.949. The third kappa shape index (κ3) is 2.63. The smallest absolute Gasteiger partial charge is 0.303 e. The highest BCUT2D eigenvalue weighted by Gasteiger charge is 2.10. The number of carboxylic acids is 1. The zero-order valence-electron chi connectivity index (χ0n) is 11.4. The standard InChI is InChI=1S/C18H14O3/c19-17(9-10-18(20)21)14-8-7-13-6-5-12-3-1-2-4-15(12)16(13)11-14/h1-8,11H,9-10H2,(H,20,21). The average Bonchev–Trinajstić information content (AvgIpc) is 2.52. The van der Waals surface area contributed by atoms with Gasteiger partial charge in [0.05, 0.1) is 6.42 Å². The van der Waals surface area contributed by atoms with Gasteiger partial charge < -0.3 is 5.11 Å². The van der Waals surface area contributed by atoms with E-state index in [2.05, 4.69) is 6.07 Å². The molecule has 3 aromatic rings. The van der Waals surface area contributed by atoms with Gasteiger partial charge in [-0.25, -0.2) is 0 Å². The van der Waals surface area contributed by atoms with E-state index in [0.717, 1.165) is 21.5 Å². The monoisotopic (exact) mass is 278 g/mol. The van der Waals surface area contributed by atoms with Crippen molar-refractivity contribution in [1.29, 1.82) is 0 Å². The van der Waals surface area contributed by atoms with Crippen molar-refractivity contribution < 1.29 is 14.7 Å². The van der Waals surface area contributed by atoms with Gasteiger partial charge in [-0.05, 0) is 27.6 Å². The van der Waals surface area contributed by atoms with Crippen molar-refractivity contribution in [3.05, 3.63) is 60.2 Å². The second-order valence-corrected chi connectivity index (χ2v) is 5.04. The predicted molar refractivity (Wildman–Crippen MR) is 82.7 cm³/mol. The first-order chi connectivity index (χ1) is 10.1. The molecule has 3 rings (SSSR count). The lowest BCUT2D eigenvalue weighted by Crippen LogP contribution is -2.03. The Morgan fingerprint density at radius 3 is 2.24 bits per heavy atom. The maximum Gasteiger partial charge on any atom is 0.303 e. The summed E-state index contributed by atoms with van der Waals surface area (Å²) in [5, 5.41) is 13.0. The summed E-state index contributed by atoms with van der Waals surface area (Å²) >= 11 is 0. The summed E-state index contributed by atoms with van der Waals surface area (Å²) in [4.78, 5) is 22.6. The SMILES string of the molecule is O=C(O)CCC(=O)c1ccc2ccc3ccccc3c2c1. The van der Waals surface area contributed by atoms with Crippen LogP contribution in [0.15, 0.2) is 54.6 Å². The van der Waals surface area contributed by atoms with Crippen LogP contribution in [0.4, 0.5) is 0 Å². The lowest BCUT2D eigenvalue weighted by molar-refractivity contribution is -0.136. The number of fused-ring (bicyclic) bond motifs is 3. The minimum Gasteiger partial charge on any atom is -0.481 e. The number of rotatable bonds is 4. The molecule has 0 saturated carbocycles. The molecule has 0 unspecified atom stereocenters. The van der Waals surface area contributed by atoms with Crippen molar-refractivity contribution in [2.24, 2.45) is 0 Å². The van der Waals surface area contributed by atoms with E-state index in [-0.39, 0.29) is 18.6 Å². The summed E-state index contributed by atoms with van der Waals surface area (Å²) in [7, 11) is 0. The van der Waals surface area contributed by atoms with E-state index in [1.165, 1.54) is 0 Å². The fourth-order valence-corrected chi connectivity index (χ4v) is 2.54. The third-order valence-electron chi connectivity index (χ3n) is 3.63. The molecular formula is C18H14O3. The van der Waals surface area contributed by atoms with Gasteiger partial charge in [-0.3, -0.25) is 9.59 Å². The molecule has 0 spiro atoms. The van der Waals surface area contributed by atoms with Crippen LogP contribution in [0.1, 0.15) is 23.2 Å². The second kappa shape index (κ2) is 5.37. The number of Topliss-reactive ketones (excluding diaryl/α,β-unsaturated/α-hetero) is 1. The van der Waals surface area contributed by atoms with E-state index in [0.29, 0.717) is 5.56 Å². The van der Waals surface area contributed by atoms with Crippen molar-refractivity contribution in [1.82, 2.24) is 0 Å². The van der Waals surface area contributed by atoms with Crippen molar-refractivity contribution in [3.8, 4) is 0 Å². The maximum atomic E-state index is 12.1. The minimum absolute atomic E-state index is 0.0333. The van der Waals surface area contributed by atoms with E-state index >= 15 is 0 Å². The van der Waals surface area contributed by atoms with Crippen molar-refractivity contribution in [3.63, 3.8) is 0 Å². The Balaban J connectivity index is 2.08. The van der Waals surface area contributed by atoms with Crippen LogP contribution >= 0.6 is 0 Å². The maximum absolute atomic E-state index is 12.1. The zero-order chi connectivity index (χ0) is 14.8. The fraction of sp³-hybridized carbons (Fsp3) is 0.111. The van der Waals surface area contributed by atoms with E-state index in [4.69, 9.17) is 5.11 Å². The average molecular weight is 278 g/mol. The molecule has 0 aliphatic rings. The molecule has 0 aliphatic heterocycles. The van der Waals surface area contributed by atoms with E-state index in [9.17, 15) is 9.59 Å². The number of aliphatic carboxylic acids is 1. The Morgan fingerprint density at radius 2 is 1.48 bits per heavy atom. The van der Waals surface area contributed by atoms with Gasteiger partial charge in [0.1, 0.15) is 0 Å². The fourth-order valence-electron chi connectivity index (χ4n) is 2.54. The Kier molecular flexibility index (Phi) is 3.40. The summed E-state index contributed by atoms with van der Waals surface area (Å²) < 4.78 is 0. The van der Waals surface area contributed by atoms with Gasteiger partial charge in [0, 0.05) is 12.0 Å². The highest BCUT2D eigenvalue weighted by Crippen LogP contribution is 2.26. The van der Waals surface area contributed by atoms with Gasteiger partial charge >= 0.3 is 5.97 Å². The molecule has 3 aromatic carbocycles. The van der Waals surface area contributed by atoms with Crippen molar-refractivity contribution in [2.75, 3.05) is 0 Å². The molecule has 104 valence electrons. The summed E-state index contributed by atoms with van der Waals surface area (Å²) in [5.74, 6) is -1.08. The van der Waals surface area contributed by atoms with Gasteiger partial charge in [0.25, 0.3) is 0 Å². The largest absolute Gasteiger partial charge is 0.481 e. The highest BCUT2D eigenvalue weighted by molar-refractivity contribution is 6.10. The summed E-state index contributed by atoms with van der Waals surface area (Å²) in [6, 6.07) is 17.7. The summed E-state index contributed by atoms with van der Waals surface area (Å²) in [5.41, 5.74) is 0.570. The molecule has 0 aromatic heterocycles. The molecule has 1 N–H and O–H groups in total. The Hall–Kier alpha value is -2.68. The van der Waals surface area contributed by atoms with E-state index in [1.807, 2.05) is 42.5 Å². The molecule has 0 amide bonds. The van der Waals surface area contributed by atoms with Gasteiger partial charge in [0.15, 0.2) is 5.78 Å². The van der Waals surface area contributed by atoms with Crippen LogP contribution in [-0.2, 0) is 4.79 Å². The van der Waals surface area contributed by atoms with Gasteiger partial charge in [-0.2, -0.15) is 0 Å². The molecule has 3 heteroatoms. The number of carbonyl (C=O) groups is 2. The van der Waals surface area contributed by atoms with E-state index in [1.54, 1.807) is 6.07 Å². The summed E-state index contributed by atoms with van der Waals surface area (Å²) in [6.45, 7) is 0. The Morgan fingerprint density at radius 1 is 0.810 bits per heavy atom. The molecule has 0 fully saturated rings. The molecule has 21 heavy (non-hydrogen) atoms. The highest BCUT2D eigenvalue weighted by atomic mass is 16.4. The van der Waals surface area contributed by atoms with Gasteiger partial charge in [-0.15, -0.1) is 0 Å². The second-order valence-electron chi connectivity index (χ2n) is 5.04. The zero-order valence-corrected chi connectivity index (χ0v) is 11.4. The lowest BCUT2D eigenvalue weighted by atomic mass is 9.98. The summed E-state index contributed by atoms with van der Waals surface area (Å²) in [6.07, 6.45) is -0.0992. The molecule has 0 saturated heterocycles.